The van der Waals surface area contributed by atoms with Gasteiger partial charge in [0.05, 0.1) is 18.8 Å². The van der Waals surface area contributed by atoms with Gasteiger partial charge in [-0.25, -0.2) is 4.98 Å². The van der Waals surface area contributed by atoms with Crippen LogP contribution >= 0.6 is 11.3 Å². The van der Waals surface area contributed by atoms with Crippen LogP contribution in [0.15, 0.2) is 59.0 Å². The first-order chi connectivity index (χ1) is 12.2. The topological polar surface area (TPSA) is 45.5 Å². The molecule has 0 aliphatic rings. The molecular formula is C19H23N5S. The van der Waals surface area contributed by atoms with Gasteiger partial charge in [-0.2, -0.15) is 0 Å². The van der Waals surface area contributed by atoms with Crippen LogP contribution in [0.2, 0.25) is 0 Å². The minimum atomic E-state index is 0.660. The molecule has 0 fully saturated rings. The third-order valence-electron chi connectivity index (χ3n) is 4.02. The molecule has 0 saturated carbocycles. The van der Waals surface area contributed by atoms with E-state index in [0.717, 1.165) is 28.8 Å². The first-order valence-electron chi connectivity index (χ1n) is 8.19. The van der Waals surface area contributed by atoms with Gasteiger partial charge in [0.15, 0.2) is 5.96 Å². The smallest absolute Gasteiger partial charge is 0.194 e. The molecule has 3 rings (SSSR count). The standard InChI is InChI=1S/C19H23N5S/c1-20-19(24(3)13-17-10-7-11-23(17)2)21-12-16-14-25-18(22-16)15-8-5-4-6-9-15/h4-11,14H,12-13H2,1-3H3,(H,20,21). The first-order valence-corrected chi connectivity index (χ1v) is 9.07. The molecule has 0 atom stereocenters. The first kappa shape index (κ1) is 17.2. The molecule has 25 heavy (non-hydrogen) atoms. The van der Waals surface area contributed by atoms with Crippen molar-refractivity contribution in [2.24, 2.45) is 12.0 Å². The molecule has 1 N–H and O–H groups in total. The molecule has 0 unspecified atom stereocenters. The molecular weight excluding hydrogens is 330 g/mol. The van der Waals surface area contributed by atoms with Crippen LogP contribution < -0.4 is 5.32 Å². The number of aromatic nitrogens is 2. The van der Waals surface area contributed by atoms with Crippen molar-refractivity contribution >= 4 is 17.3 Å². The van der Waals surface area contributed by atoms with Crippen molar-refractivity contribution in [2.75, 3.05) is 14.1 Å². The highest BCUT2D eigenvalue weighted by atomic mass is 32.1. The third-order valence-corrected chi connectivity index (χ3v) is 4.96. The lowest BCUT2D eigenvalue weighted by atomic mass is 10.2. The Hall–Kier alpha value is -2.60. The van der Waals surface area contributed by atoms with E-state index < -0.39 is 0 Å². The van der Waals surface area contributed by atoms with Gasteiger partial charge in [-0.05, 0) is 12.1 Å². The summed E-state index contributed by atoms with van der Waals surface area (Å²) in [5, 5.41) is 6.54. The fraction of sp³-hybridized carbons (Fsp3) is 0.263. The van der Waals surface area contributed by atoms with Crippen LogP contribution in [-0.4, -0.2) is 34.5 Å². The van der Waals surface area contributed by atoms with Gasteiger partial charge in [-0.3, -0.25) is 4.99 Å². The Labute approximate surface area is 152 Å². The number of guanidine groups is 1. The van der Waals surface area contributed by atoms with Gasteiger partial charge in [0.2, 0.25) is 0 Å². The van der Waals surface area contributed by atoms with Crippen molar-refractivity contribution in [3.63, 3.8) is 0 Å². The second-order valence-electron chi connectivity index (χ2n) is 5.88. The number of hydrogen-bond acceptors (Lipinski definition) is 3. The van der Waals surface area contributed by atoms with E-state index in [-0.39, 0.29) is 0 Å². The van der Waals surface area contributed by atoms with Crippen LogP contribution in [0, 0.1) is 0 Å². The van der Waals surface area contributed by atoms with Gasteiger partial charge in [0, 0.05) is 44.0 Å². The lowest BCUT2D eigenvalue weighted by Crippen LogP contribution is -2.38. The number of aryl methyl sites for hydroxylation is 1. The monoisotopic (exact) mass is 353 g/mol. The van der Waals surface area contributed by atoms with Crippen molar-refractivity contribution in [3.8, 4) is 10.6 Å². The molecule has 5 nitrogen and oxygen atoms in total. The highest BCUT2D eigenvalue weighted by Crippen LogP contribution is 2.23. The SMILES string of the molecule is CN=C(NCc1csc(-c2ccccc2)n1)N(C)Cc1cccn1C. The molecule has 0 bridgehead atoms. The maximum Gasteiger partial charge on any atom is 0.194 e. The molecule has 0 spiro atoms. The Bertz CT molecular complexity index is 834. The van der Waals surface area contributed by atoms with Crippen molar-refractivity contribution in [2.45, 2.75) is 13.1 Å². The maximum atomic E-state index is 4.71. The summed E-state index contributed by atoms with van der Waals surface area (Å²) in [7, 11) is 5.90. The Kier molecular flexibility index (Phi) is 5.50. The number of nitrogens with zero attached hydrogens (tertiary/aromatic N) is 4. The van der Waals surface area contributed by atoms with Crippen molar-refractivity contribution in [1.82, 2.24) is 19.8 Å². The molecule has 0 radical (unpaired) electrons. The number of hydrogen-bond donors (Lipinski definition) is 1. The van der Waals surface area contributed by atoms with E-state index in [2.05, 4.69) is 62.7 Å². The zero-order valence-electron chi connectivity index (χ0n) is 14.8. The highest BCUT2D eigenvalue weighted by molar-refractivity contribution is 7.13. The van der Waals surface area contributed by atoms with Gasteiger partial charge < -0.3 is 14.8 Å². The molecule has 2 aromatic heterocycles. The molecule has 2 heterocycles. The Morgan fingerprint density at radius 1 is 1.24 bits per heavy atom. The normalized spacial score (nSPS) is 11.6. The van der Waals surface area contributed by atoms with Crippen LogP contribution in [0.4, 0.5) is 0 Å². The Morgan fingerprint density at radius 3 is 2.72 bits per heavy atom. The number of benzene rings is 1. The number of nitrogens with one attached hydrogen (secondary N) is 1. The Morgan fingerprint density at radius 2 is 2.04 bits per heavy atom. The summed E-state index contributed by atoms with van der Waals surface area (Å²) in [5.41, 5.74) is 3.42. The second kappa shape index (κ2) is 7.98. The quantitative estimate of drug-likeness (QED) is 0.565. The van der Waals surface area contributed by atoms with E-state index in [1.54, 1.807) is 18.4 Å². The average Bonchev–Trinajstić information content (AvgIpc) is 3.26. The van der Waals surface area contributed by atoms with E-state index in [1.165, 1.54) is 5.69 Å². The third kappa shape index (κ3) is 4.28. The van der Waals surface area contributed by atoms with E-state index in [9.17, 15) is 0 Å². The van der Waals surface area contributed by atoms with Crippen molar-refractivity contribution < 1.29 is 0 Å². The van der Waals surface area contributed by atoms with Crippen molar-refractivity contribution in [1.29, 1.82) is 0 Å². The largest absolute Gasteiger partial charge is 0.353 e. The average molecular weight is 353 g/mol. The van der Waals surface area contributed by atoms with Crippen LogP contribution in [-0.2, 0) is 20.1 Å². The van der Waals surface area contributed by atoms with E-state index in [0.29, 0.717) is 6.54 Å². The zero-order valence-corrected chi connectivity index (χ0v) is 15.6. The van der Waals surface area contributed by atoms with Gasteiger partial charge in [0.1, 0.15) is 5.01 Å². The lowest BCUT2D eigenvalue weighted by molar-refractivity contribution is 0.461. The molecule has 6 heteroatoms. The minimum Gasteiger partial charge on any atom is -0.353 e. The van der Waals surface area contributed by atoms with Gasteiger partial charge in [0.25, 0.3) is 0 Å². The Balaban J connectivity index is 1.60. The summed E-state index contributed by atoms with van der Waals surface area (Å²) in [6.45, 7) is 1.46. The van der Waals surface area contributed by atoms with Crippen LogP contribution in [0.25, 0.3) is 10.6 Å². The summed E-state index contributed by atoms with van der Waals surface area (Å²) < 4.78 is 2.12. The fourth-order valence-corrected chi connectivity index (χ4v) is 3.46. The summed E-state index contributed by atoms with van der Waals surface area (Å²) in [6, 6.07) is 14.4. The summed E-state index contributed by atoms with van der Waals surface area (Å²) in [6.07, 6.45) is 2.06. The lowest BCUT2D eigenvalue weighted by Gasteiger charge is -2.22. The molecule has 130 valence electrons. The van der Waals surface area contributed by atoms with Gasteiger partial charge >= 0.3 is 0 Å². The molecule has 0 aliphatic heterocycles. The highest BCUT2D eigenvalue weighted by Gasteiger charge is 2.10. The predicted octanol–water partition coefficient (Wildman–Crippen LogP) is 3.36. The molecule has 0 amide bonds. The van der Waals surface area contributed by atoms with E-state index in [1.807, 2.05) is 25.2 Å². The van der Waals surface area contributed by atoms with Gasteiger partial charge in [-0.1, -0.05) is 30.3 Å². The summed E-state index contributed by atoms with van der Waals surface area (Å²) in [5.74, 6) is 0.857. The summed E-state index contributed by atoms with van der Waals surface area (Å²) >= 11 is 1.67. The molecule has 1 aromatic carbocycles. The molecule has 3 aromatic rings. The van der Waals surface area contributed by atoms with Crippen LogP contribution in [0.3, 0.4) is 0 Å². The van der Waals surface area contributed by atoms with E-state index >= 15 is 0 Å². The van der Waals surface area contributed by atoms with Crippen LogP contribution in [0.5, 0.6) is 0 Å². The summed E-state index contributed by atoms with van der Waals surface area (Å²) in [4.78, 5) is 11.2. The number of thiazole rings is 1. The second-order valence-corrected chi connectivity index (χ2v) is 6.74. The maximum absolute atomic E-state index is 4.71. The van der Waals surface area contributed by atoms with Crippen molar-refractivity contribution in [3.05, 3.63) is 65.4 Å². The molecule has 0 aliphatic carbocycles. The predicted molar refractivity (Wildman–Crippen MR) is 105 cm³/mol. The number of aliphatic imine (C=N–C) groups is 1. The molecule has 0 saturated heterocycles. The fourth-order valence-electron chi connectivity index (χ4n) is 2.63. The minimum absolute atomic E-state index is 0.660. The number of rotatable bonds is 5. The zero-order chi connectivity index (χ0) is 17.6. The van der Waals surface area contributed by atoms with Crippen LogP contribution in [0.1, 0.15) is 11.4 Å². The van der Waals surface area contributed by atoms with E-state index in [4.69, 9.17) is 4.98 Å². The van der Waals surface area contributed by atoms with Gasteiger partial charge in [-0.15, -0.1) is 11.3 Å².